The number of nitrogens with zero attached hydrogens (tertiary/aromatic N) is 3. The summed E-state index contributed by atoms with van der Waals surface area (Å²) in [5, 5.41) is 17.3. The fraction of sp³-hybridized carbons (Fsp3) is 0.265. The van der Waals surface area contributed by atoms with Crippen LogP contribution in [0.4, 0.5) is 17.1 Å². The van der Waals surface area contributed by atoms with Gasteiger partial charge in [0.25, 0.3) is 0 Å². The lowest BCUT2D eigenvalue weighted by molar-refractivity contribution is -0.111. The maximum Gasteiger partial charge on any atom is 0.248 e. The minimum absolute atomic E-state index is 0.141. The second-order valence-corrected chi connectivity index (χ2v) is 11.2. The largest absolute Gasteiger partial charge is 0.487 e. The summed E-state index contributed by atoms with van der Waals surface area (Å²) in [6.45, 7) is 4.12. The van der Waals surface area contributed by atoms with Crippen molar-refractivity contribution in [3.05, 3.63) is 94.7 Å². The van der Waals surface area contributed by atoms with Crippen molar-refractivity contribution >= 4 is 45.5 Å². The number of anilines is 3. The number of nitrogens with one attached hydrogen (secondary N) is 2. The molecule has 9 nitrogen and oxygen atoms in total. The van der Waals surface area contributed by atoms with Crippen LogP contribution in [0.25, 0.3) is 10.9 Å². The average Bonchev–Trinajstić information content (AvgIpc) is 3.52. The van der Waals surface area contributed by atoms with Gasteiger partial charge in [-0.1, -0.05) is 47.5 Å². The molecule has 4 aromatic rings. The molecule has 44 heavy (non-hydrogen) atoms. The quantitative estimate of drug-likeness (QED) is 0.182. The van der Waals surface area contributed by atoms with Crippen LogP contribution in [-0.2, 0) is 16.1 Å². The van der Waals surface area contributed by atoms with Crippen molar-refractivity contribution in [3.8, 4) is 17.6 Å². The number of pyridine rings is 1. The number of amides is 1. The summed E-state index contributed by atoms with van der Waals surface area (Å²) in [6.07, 6.45) is 5.34. The molecular formula is C34H34ClN5O4. The zero-order chi connectivity index (χ0) is 31.1. The van der Waals surface area contributed by atoms with Crippen molar-refractivity contribution in [2.24, 2.45) is 0 Å². The van der Waals surface area contributed by atoms with Crippen LogP contribution in [0, 0.1) is 18.3 Å². The van der Waals surface area contributed by atoms with E-state index in [1.807, 2.05) is 62.3 Å². The van der Waals surface area contributed by atoms with E-state index in [1.54, 1.807) is 24.3 Å². The summed E-state index contributed by atoms with van der Waals surface area (Å²) in [5.41, 5.74) is 4.62. The number of carbonyl (C=O) groups is 1. The van der Waals surface area contributed by atoms with Crippen molar-refractivity contribution < 1.29 is 19.0 Å². The Hall–Kier alpha value is -4.62. The molecule has 1 aliphatic heterocycles. The second-order valence-electron chi connectivity index (χ2n) is 10.8. The first-order chi connectivity index (χ1) is 21.3. The predicted octanol–water partition coefficient (Wildman–Crippen LogP) is 6.61. The van der Waals surface area contributed by atoms with Gasteiger partial charge in [0.05, 0.1) is 35.0 Å². The van der Waals surface area contributed by atoms with Gasteiger partial charge in [-0.25, -0.2) is 0 Å². The second kappa shape index (κ2) is 14.2. The molecule has 0 spiro atoms. The topological polar surface area (TPSA) is 109 Å². The van der Waals surface area contributed by atoms with Gasteiger partial charge in [0, 0.05) is 36.3 Å². The standard InChI is InChI=1S/C34H34ClN5O4/c1-22-6-8-23(9-7-22)20-43-29-12-10-25(17-28(29)35)38-32-24(18-36)19-37-33-27(32)11-13-30(44-26-14-16-42-21-26)34(33)39-31(41)5-4-15-40(2)3/h4-13,17,19,26H,14-16,20-21H2,1-3H3,(H,37,38)(H,39,41)/b5-4+/t26-/m0/s1. The van der Waals surface area contributed by atoms with Crippen LogP contribution in [0.3, 0.4) is 0 Å². The number of halogens is 1. The Morgan fingerprint density at radius 1 is 1.16 bits per heavy atom. The Morgan fingerprint density at radius 3 is 2.66 bits per heavy atom. The molecule has 226 valence electrons. The van der Waals surface area contributed by atoms with E-state index in [0.717, 1.165) is 12.0 Å². The van der Waals surface area contributed by atoms with Gasteiger partial charge in [0.15, 0.2) is 0 Å². The van der Waals surface area contributed by atoms with E-state index in [0.29, 0.717) is 76.4 Å². The maximum atomic E-state index is 12.9. The monoisotopic (exact) mass is 611 g/mol. The minimum atomic E-state index is -0.319. The van der Waals surface area contributed by atoms with Crippen LogP contribution in [-0.4, -0.2) is 55.7 Å². The van der Waals surface area contributed by atoms with Gasteiger partial charge in [-0.2, -0.15) is 5.26 Å². The Labute approximate surface area is 262 Å². The number of ether oxygens (including phenoxy) is 3. The summed E-state index contributed by atoms with van der Waals surface area (Å²) in [7, 11) is 3.85. The highest BCUT2D eigenvalue weighted by molar-refractivity contribution is 6.32. The van der Waals surface area contributed by atoms with E-state index >= 15 is 0 Å². The third kappa shape index (κ3) is 7.66. The van der Waals surface area contributed by atoms with Gasteiger partial charge in [0.2, 0.25) is 5.91 Å². The highest BCUT2D eigenvalue weighted by Crippen LogP contribution is 2.39. The van der Waals surface area contributed by atoms with Crippen LogP contribution in [0.1, 0.15) is 23.1 Å². The number of aryl methyl sites for hydroxylation is 1. The molecule has 0 saturated carbocycles. The number of likely N-dealkylation sites (N-methyl/N-ethyl adjacent to an activating group) is 1. The molecular weight excluding hydrogens is 578 g/mol. The third-order valence-electron chi connectivity index (χ3n) is 7.01. The summed E-state index contributed by atoms with van der Waals surface area (Å²) in [6, 6.07) is 19.3. The van der Waals surface area contributed by atoms with Gasteiger partial charge in [-0.15, -0.1) is 0 Å². The van der Waals surface area contributed by atoms with E-state index in [9.17, 15) is 10.1 Å². The lowest BCUT2D eigenvalue weighted by Gasteiger charge is -2.19. The molecule has 1 amide bonds. The molecule has 2 heterocycles. The molecule has 1 saturated heterocycles. The highest BCUT2D eigenvalue weighted by atomic mass is 35.5. The van der Waals surface area contributed by atoms with E-state index in [-0.39, 0.29) is 12.0 Å². The first-order valence-corrected chi connectivity index (χ1v) is 14.7. The molecule has 5 rings (SSSR count). The fourth-order valence-corrected chi connectivity index (χ4v) is 4.93. The Kier molecular flexibility index (Phi) is 9.97. The first kappa shape index (κ1) is 30.8. The first-order valence-electron chi connectivity index (χ1n) is 14.3. The van der Waals surface area contributed by atoms with E-state index in [4.69, 9.17) is 25.8 Å². The van der Waals surface area contributed by atoms with Gasteiger partial charge >= 0.3 is 0 Å². The van der Waals surface area contributed by atoms with Crippen molar-refractivity contribution in [3.63, 3.8) is 0 Å². The summed E-state index contributed by atoms with van der Waals surface area (Å²) in [4.78, 5) is 19.5. The summed E-state index contributed by atoms with van der Waals surface area (Å²) >= 11 is 6.60. The number of hydrogen-bond donors (Lipinski definition) is 2. The van der Waals surface area contributed by atoms with Crippen LogP contribution < -0.4 is 20.1 Å². The number of carbonyl (C=O) groups excluding carboxylic acids is 1. The van der Waals surface area contributed by atoms with E-state index in [2.05, 4.69) is 21.7 Å². The molecule has 10 heteroatoms. The van der Waals surface area contributed by atoms with Crippen LogP contribution >= 0.6 is 11.6 Å². The summed E-state index contributed by atoms with van der Waals surface area (Å²) in [5.74, 6) is 0.701. The molecule has 1 aromatic heterocycles. The van der Waals surface area contributed by atoms with Crippen molar-refractivity contribution in [1.82, 2.24) is 9.88 Å². The Morgan fingerprint density at radius 2 is 1.95 bits per heavy atom. The lowest BCUT2D eigenvalue weighted by Crippen LogP contribution is -2.18. The summed E-state index contributed by atoms with van der Waals surface area (Å²) < 4.78 is 17.7. The highest BCUT2D eigenvalue weighted by Gasteiger charge is 2.22. The maximum absolute atomic E-state index is 12.9. The third-order valence-corrected chi connectivity index (χ3v) is 7.30. The van der Waals surface area contributed by atoms with Crippen molar-refractivity contribution in [2.75, 3.05) is 44.5 Å². The van der Waals surface area contributed by atoms with Crippen molar-refractivity contribution in [2.45, 2.75) is 26.1 Å². The zero-order valence-corrected chi connectivity index (χ0v) is 25.6. The van der Waals surface area contributed by atoms with Gasteiger partial charge in [0.1, 0.15) is 36.0 Å². The molecule has 3 aromatic carbocycles. The number of nitriles is 1. The van der Waals surface area contributed by atoms with E-state index in [1.165, 1.54) is 17.8 Å². The van der Waals surface area contributed by atoms with Gasteiger partial charge in [-0.3, -0.25) is 9.78 Å². The Bertz CT molecular complexity index is 1710. The molecule has 1 atom stereocenters. The molecule has 2 N–H and O–H groups in total. The molecule has 0 bridgehead atoms. The molecule has 1 fully saturated rings. The fourth-order valence-electron chi connectivity index (χ4n) is 4.69. The number of aromatic nitrogens is 1. The van der Waals surface area contributed by atoms with E-state index < -0.39 is 0 Å². The molecule has 0 radical (unpaired) electrons. The molecule has 0 aliphatic carbocycles. The van der Waals surface area contributed by atoms with Crippen LogP contribution in [0.2, 0.25) is 5.02 Å². The lowest BCUT2D eigenvalue weighted by atomic mass is 10.1. The number of hydrogen-bond acceptors (Lipinski definition) is 8. The minimum Gasteiger partial charge on any atom is -0.487 e. The molecule has 1 aliphatic rings. The van der Waals surface area contributed by atoms with Gasteiger partial charge < -0.3 is 29.7 Å². The number of benzene rings is 3. The normalized spacial score (nSPS) is 14.6. The van der Waals surface area contributed by atoms with Crippen molar-refractivity contribution in [1.29, 1.82) is 5.26 Å². The smallest absolute Gasteiger partial charge is 0.248 e. The zero-order valence-electron chi connectivity index (χ0n) is 24.9. The van der Waals surface area contributed by atoms with Gasteiger partial charge in [-0.05, 0) is 56.9 Å². The number of fused-ring (bicyclic) bond motifs is 1. The predicted molar refractivity (Wildman–Crippen MR) is 173 cm³/mol. The van der Waals surface area contributed by atoms with Crippen LogP contribution in [0.15, 0.2) is 72.9 Å². The number of rotatable bonds is 11. The Balaban J connectivity index is 1.45. The average molecular weight is 612 g/mol. The van der Waals surface area contributed by atoms with Crippen LogP contribution in [0.5, 0.6) is 11.5 Å². The molecule has 0 unspecified atom stereocenters. The SMILES string of the molecule is Cc1ccc(COc2ccc(Nc3c(C#N)cnc4c(NC(=O)/C=C/CN(C)C)c(O[C@H]5CCOC5)ccc34)cc2Cl)cc1.